The lowest BCUT2D eigenvalue weighted by atomic mass is 9.98. The number of ether oxygens (including phenoxy) is 1. The molecule has 1 amide bonds. The van der Waals surface area contributed by atoms with Crippen molar-refractivity contribution >= 4 is 18.3 Å². The summed E-state index contributed by atoms with van der Waals surface area (Å²) < 4.78 is 7.98. The molecular weight excluding hydrogens is 402 g/mol. The zero-order valence-corrected chi connectivity index (χ0v) is 18.4. The highest BCUT2D eigenvalue weighted by molar-refractivity contribution is 5.93. The van der Waals surface area contributed by atoms with E-state index in [0.29, 0.717) is 24.4 Å². The van der Waals surface area contributed by atoms with Crippen LogP contribution in [0.4, 0.5) is 0 Å². The molecule has 0 spiro atoms. The van der Waals surface area contributed by atoms with Gasteiger partial charge in [-0.05, 0) is 76.2 Å². The van der Waals surface area contributed by atoms with Crippen molar-refractivity contribution in [2.45, 2.75) is 70.6 Å². The molecule has 8 heteroatoms. The molecule has 7 nitrogen and oxygen atoms in total. The highest BCUT2D eigenvalue weighted by Gasteiger charge is 2.22. The number of benzene rings is 1. The van der Waals surface area contributed by atoms with Gasteiger partial charge in [-0.15, -0.1) is 17.5 Å². The Morgan fingerprint density at radius 2 is 1.83 bits per heavy atom. The molecule has 2 aliphatic rings. The summed E-state index contributed by atoms with van der Waals surface area (Å²) in [6, 6.07) is 8.33. The van der Waals surface area contributed by atoms with Gasteiger partial charge in [0, 0.05) is 6.54 Å². The monoisotopic (exact) mass is 433 g/mol. The summed E-state index contributed by atoms with van der Waals surface area (Å²) in [5.74, 6) is 0.734. The first kappa shape index (κ1) is 22.6. The Hall–Kier alpha value is -2.12. The standard InChI is InChI=1S/C22H31N5O2.ClH/c1-16-21(25-26-27(16)18-11-13-23-14-12-18)22(28)24-15-17-7-9-20(10-8-17)29-19-5-3-2-4-6-19;/h7-10,18-19,23H,2-6,11-15H2,1H3,(H,24,28);1H. The summed E-state index contributed by atoms with van der Waals surface area (Å²) in [6.45, 7) is 4.34. The maximum Gasteiger partial charge on any atom is 0.274 e. The van der Waals surface area contributed by atoms with Crippen LogP contribution in [0.2, 0.25) is 0 Å². The third-order valence-corrected chi connectivity index (χ3v) is 6.03. The summed E-state index contributed by atoms with van der Waals surface area (Å²) in [4.78, 5) is 12.6. The number of nitrogens with zero attached hydrogens (tertiary/aromatic N) is 3. The summed E-state index contributed by atoms with van der Waals surface area (Å²) in [5, 5.41) is 14.7. The average molecular weight is 434 g/mol. The van der Waals surface area contributed by atoms with E-state index in [9.17, 15) is 4.79 Å². The molecule has 2 N–H and O–H groups in total. The lowest BCUT2D eigenvalue weighted by molar-refractivity contribution is 0.0945. The minimum absolute atomic E-state index is 0. The molecule has 1 saturated carbocycles. The Morgan fingerprint density at radius 3 is 2.53 bits per heavy atom. The van der Waals surface area contributed by atoms with E-state index in [1.165, 1.54) is 19.3 Å². The van der Waals surface area contributed by atoms with Crippen molar-refractivity contribution in [2.75, 3.05) is 13.1 Å². The van der Waals surface area contributed by atoms with Gasteiger partial charge in [-0.3, -0.25) is 4.79 Å². The summed E-state index contributed by atoms with van der Waals surface area (Å²) in [6.07, 6.45) is 8.52. The highest BCUT2D eigenvalue weighted by Crippen LogP contribution is 2.24. The topological polar surface area (TPSA) is 81.1 Å². The lowest BCUT2D eigenvalue weighted by Gasteiger charge is -2.23. The number of hydrogen-bond acceptors (Lipinski definition) is 5. The number of halogens is 1. The maximum atomic E-state index is 12.6. The fourth-order valence-corrected chi connectivity index (χ4v) is 4.28. The fourth-order valence-electron chi connectivity index (χ4n) is 4.28. The van der Waals surface area contributed by atoms with Crippen LogP contribution in [-0.4, -0.2) is 40.1 Å². The van der Waals surface area contributed by atoms with Gasteiger partial charge in [0.05, 0.1) is 17.8 Å². The number of carbonyl (C=O) groups excluding carboxylic acids is 1. The van der Waals surface area contributed by atoms with Crippen LogP contribution in [-0.2, 0) is 6.54 Å². The zero-order chi connectivity index (χ0) is 20.1. The number of hydrogen-bond donors (Lipinski definition) is 2. The predicted molar refractivity (Wildman–Crippen MR) is 118 cm³/mol. The first-order valence-corrected chi connectivity index (χ1v) is 10.9. The first-order valence-electron chi connectivity index (χ1n) is 10.9. The van der Waals surface area contributed by atoms with Crippen LogP contribution >= 0.6 is 12.4 Å². The van der Waals surface area contributed by atoms with E-state index < -0.39 is 0 Å². The van der Waals surface area contributed by atoms with Crippen LogP contribution in [0.15, 0.2) is 24.3 Å². The van der Waals surface area contributed by atoms with E-state index in [4.69, 9.17) is 4.74 Å². The van der Waals surface area contributed by atoms with Crippen LogP contribution < -0.4 is 15.4 Å². The predicted octanol–water partition coefficient (Wildman–Crippen LogP) is 3.57. The summed E-state index contributed by atoms with van der Waals surface area (Å²) in [5.41, 5.74) is 2.30. The van der Waals surface area contributed by atoms with Crippen molar-refractivity contribution in [3.8, 4) is 5.75 Å². The quantitative estimate of drug-likeness (QED) is 0.727. The number of rotatable bonds is 6. The van der Waals surface area contributed by atoms with Crippen molar-refractivity contribution in [2.24, 2.45) is 0 Å². The molecule has 0 radical (unpaired) electrons. The Balaban J connectivity index is 0.00000256. The fraction of sp³-hybridized carbons (Fsp3) is 0.591. The van der Waals surface area contributed by atoms with Crippen LogP contribution in [0.25, 0.3) is 0 Å². The minimum atomic E-state index is -0.176. The Bertz CT molecular complexity index is 811. The van der Waals surface area contributed by atoms with Gasteiger partial charge >= 0.3 is 0 Å². The summed E-state index contributed by atoms with van der Waals surface area (Å²) in [7, 11) is 0. The molecule has 2 fully saturated rings. The first-order chi connectivity index (χ1) is 14.2. The molecule has 1 aliphatic carbocycles. The van der Waals surface area contributed by atoms with E-state index in [1.54, 1.807) is 0 Å². The lowest BCUT2D eigenvalue weighted by Crippen LogP contribution is -2.30. The molecule has 2 heterocycles. The van der Waals surface area contributed by atoms with E-state index in [0.717, 1.165) is 55.8 Å². The van der Waals surface area contributed by atoms with Crippen LogP contribution in [0.1, 0.15) is 72.7 Å². The van der Waals surface area contributed by atoms with Crippen molar-refractivity contribution in [1.29, 1.82) is 0 Å². The smallest absolute Gasteiger partial charge is 0.274 e. The van der Waals surface area contributed by atoms with Gasteiger partial charge in [-0.1, -0.05) is 23.8 Å². The van der Waals surface area contributed by atoms with Crippen molar-refractivity contribution < 1.29 is 9.53 Å². The largest absolute Gasteiger partial charge is 0.490 e. The Labute approximate surface area is 184 Å². The molecule has 164 valence electrons. The van der Waals surface area contributed by atoms with Gasteiger partial charge in [0.1, 0.15) is 5.75 Å². The van der Waals surface area contributed by atoms with E-state index in [-0.39, 0.29) is 18.3 Å². The number of aromatic nitrogens is 3. The highest BCUT2D eigenvalue weighted by atomic mass is 35.5. The number of piperidine rings is 1. The third kappa shape index (κ3) is 5.52. The third-order valence-electron chi connectivity index (χ3n) is 6.03. The molecule has 0 unspecified atom stereocenters. The van der Waals surface area contributed by atoms with Crippen LogP contribution in [0.5, 0.6) is 5.75 Å². The summed E-state index contributed by atoms with van der Waals surface area (Å²) >= 11 is 0. The average Bonchev–Trinajstić information content (AvgIpc) is 3.16. The molecule has 1 aliphatic heterocycles. The van der Waals surface area contributed by atoms with Crippen molar-refractivity contribution in [1.82, 2.24) is 25.6 Å². The second-order valence-corrected chi connectivity index (χ2v) is 8.15. The maximum absolute atomic E-state index is 12.6. The van der Waals surface area contributed by atoms with E-state index in [2.05, 4.69) is 20.9 Å². The number of amides is 1. The van der Waals surface area contributed by atoms with Gasteiger partial charge in [-0.25, -0.2) is 4.68 Å². The zero-order valence-electron chi connectivity index (χ0n) is 17.6. The molecule has 1 aromatic heterocycles. The van der Waals surface area contributed by atoms with Gasteiger partial charge < -0.3 is 15.4 Å². The van der Waals surface area contributed by atoms with E-state index >= 15 is 0 Å². The van der Waals surface area contributed by atoms with Crippen LogP contribution in [0.3, 0.4) is 0 Å². The minimum Gasteiger partial charge on any atom is -0.490 e. The van der Waals surface area contributed by atoms with Gasteiger partial charge in [0.25, 0.3) is 5.91 Å². The molecule has 0 bridgehead atoms. The normalized spacial score (nSPS) is 17.9. The molecule has 2 aromatic rings. The van der Waals surface area contributed by atoms with Gasteiger partial charge in [0.2, 0.25) is 0 Å². The molecule has 1 saturated heterocycles. The molecule has 1 aromatic carbocycles. The van der Waals surface area contributed by atoms with Crippen molar-refractivity contribution in [3.63, 3.8) is 0 Å². The molecular formula is C22H32ClN5O2. The Morgan fingerprint density at radius 1 is 1.13 bits per heavy atom. The molecule has 4 rings (SSSR count). The molecule has 30 heavy (non-hydrogen) atoms. The number of carbonyl (C=O) groups is 1. The SMILES string of the molecule is Cc1c(C(=O)NCc2ccc(OC3CCCCC3)cc2)nnn1C1CCNCC1.Cl. The number of nitrogens with one attached hydrogen (secondary N) is 2. The second kappa shape index (κ2) is 10.8. The van der Waals surface area contributed by atoms with Gasteiger partial charge in [-0.2, -0.15) is 0 Å². The Kier molecular flexibility index (Phi) is 8.10. The van der Waals surface area contributed by atoms with Crippen molar-refractivity contribution in [3.05, 3.63) is 41.2 Å². The van der Waals surface area contributed by atoms with Crippen LogP contribution in [0, 0.1) is 6.92 Å². The van der Waals surface area contributed by atoms with E-state index in [1.807, 2.05) is 35.9 Å². The van der Waals surface area contributed by atoms with Gasteiger partial charge in [0.15, 0.2) is 5.69 Å². The molecule has 0 atom stereocenters. The second-order valence-electron chi connectivity index (χ2n) is 8.15.